The van der Waals surface area contributed by atoms with Crippen LogP contribution in [-0.2, 0) is 9.57 Å². The summed E-state index contributed by atoms with van der Waals surface area (Å²) in [7, 11) is 0. The lowest BCUT2D eigenvalue weighted by molar-refractivity contribution is -0.186. The second-order valence-corrected chi connectivity index (χ2v) is 8.50. The Bertz CT molecular complexity index is 809. The van der Waals surface area contributed by atoms with Crippen LogP contribution in [0, 0.1) is 0 Å². The zero-order valence-electron chi connectivity index (χ0n) is 16.9. The average Bonchev–Trinajstić information content (AvgIpc) is 2.80. The van der Waals surface area contributed by atoms with Crippen LogP contribution in [0.4, 0.5) is 0 Å². The Labute approximate surface area is 181 Å². The lowest BCUT2D eigenvalue weighted by atomic mass is 10.1. The van der Waals surface area contributed by atoms with E-state index in [0.29, 0.717) is 12.2 Å². The molecule has 2 saturated heterocycles. The van der Waals surface area contributed by atoms with E-state index in [1.54, 1.807) is 24.3 Å². The standard InChI is InChI=1S/C22H27N3O4S/c26-22(24-29-21-7-3-4-16-27-21)19-5-1-2-6-20(19)30-25-14-10-18(11-15-25)28-17-8-12-23-13-9-17/h1-2,5-6,8-9,12-13,18,21H,3-4,7,10-11,14-16H2,(H,24,26). The van der Waals surface area contributed by atoms with Crippen molar-refractivity contribution in [3.05, 3.63) is 54.4 Å². The van der Waals surface area contributed by atoms with Gasteiger partial charge in [-0.1, -0.05) is 12.1 Å². The molecule has 0 radical (unpaired) electrons. The second kappa shape index (κ2) is 10.8. The number of ether oxygens (including phenoxy) is 2. The molecule has 8 heteroatoms. The third kappa shape index (κ3) is 5.95. The van der Waals surface area contributed by atoms with Crippen LogP contribution in [0.2, 0.25) is 0 Å². The van der Waals surface area contributed by atoms with E-state index < -0.39 is 0 Å². The molecule has 1 atom stereocenters. The zero-order valence-corrected chi connectivity index (χ0v) is 17.7. The Morgan fingerprint density at radius 1 is 1.10 bits per heavy atom. The number of carbonyl (C=O) groups is 1. The second-order valence-electron chi connectivity index (χ2n) is 7.36. The van der Waals surface area contributed by atoms with Crippen LogP contribution in [0.5, 0.6) is 5.75 Å². The Balaban J connectivity index is 1.28. The molecule has 1 unspecified atom stereocenters. The quantitative estimate of drug-likeness (QED) is 0.530. The maximum absolute atomic E-state index is 12.7. The van der Waals surface area contributed by atoms with Gasteiger partial charge in [0.1, 0.15) is 11.9 Å². The summed E-state index contributed by atoms with van der Waals surface area (Å²) < 4.78 is 13.8. The van der Waals surface area contributed by atoms with Gasteiger partial charge in [0.25, 0.3) is 5.91 Å². The summed E-state index contributed by atoms with van der Waals surface area (Å²) in [6.45, 7) is 2.46. The molecule has 3 heterocycles. The molecule has 4 rings (SSSR count). The van der Waals surface area contributed by atoms with Gasteiger partial charge < -0.3 is 9.47 Å². The smallest absolute Gasteiger partial charge is 0.276 e. The van der Waals surface area contributed by atoms with E-state index in [4.69, 9.17) is 14.3 Å². The topological polar surface area (TPSA) is 72.9 Å². The number of benzene rings is 1. The van der Waals surface area contributed by atoms with E-state index in [-0.39, 0.29) is 18.3 Å². The third-order valence-corrected chi connectivity index (χ3v) is 6.31. The predicted molar refractivity (Wildman–Crippen MR) is 114 cm³/mol. The Kier molecular flexibility index (Phi) is 7.58. The lowest BCUT2D eigenvalue weighted by Crippen LogP contribution is -2.35. The third-order valence-electron chi connectivity index (χ3n) is 5.13. The fraction of sp³-hybridized carbons (Fsp3) is 0.455. The van der Waals surface area contributed by atoms with Gasteiger partial charge in [0.15, 0.2) is 6.29 Å². The van der Waals surface area contributed by atoms with Gasteiger partial charge in [-0.2, -0.15) is 0 Å². The number of nitrogens with one attached hydrogen (secondary N) is 1. The van der Waals surface area contributed by atoms with Gasteiger partial charge in [-0.3, -0.25) is 9.78 Å². The van der Waals surface area contributed by atoms with Crippen molar-refractivity contribution < 1.29 is 19.1 Å². The highest BCUT2D eigenvalue weighted by atomic mass is 32.2. The number of piperidine rings is 1. The molecular weight excluding hydrogens is 402 g/mol. The molecule has 2 aliphatic heterocycles. The summed E-state index contributed by atoms with van der Waals surface area (Å²) in [5.74, 6) is 0.614. The van der Waals surface area contributed by atoms with Crippen molar-refractivity contribution in [3.63, 3.8) is 0 Å². The fourth-order valence-electron chi connectivity index (χ4n) is 3.50. The summed E-state index contributed by atoms with van der Waals surface area (Å²) in [6, 6.07) is 11.4. The van der Waals surface area contributed by atoms with Crippen molar-refractivity contribution >= 4 is 17.9 Å². The fourth-order valence-corrected chi connectivity index (χ4v) is 4.57. The molecule has 2 fully saturated rings. The minimum atomic E-state index is -0.359. The number of hydrogen-bond acceptors (Lipinski definition) is 7. The van der Waals surface area contributed by atoms with Gasteiger partial charge in [-0.25, -0.2) is 14.6 Å². The van der Waals surface area contributed by atoms with Gasteiger partial charge in [0.05, 0.1) is 5.56 Å². The first-order chi connectivity index (χ1) is 14.8. The molecule has 2 aromatic rings. The molecule has 1 aromatic carbocycles. The number of aromatic nitrogens is 1. The Morgan fingerprint density at radius 3 is 2.67 bits per heavy atom. The van der Waals surface area contributed by atoms with Gasteiger partial charge in [0, 0.05) is 43.4 Å². The number of nitrogens with zero attached hydrogens (tertiary/aromatic N) is 2. The summed E-state index contributed by atoms with van der Waals surface area (Å²) in [6.07, 6.45) is 8.09. The van der Waals surface area contributed by atoms with Crippen molar-refractivity contribution in [2.75, 3.05) is 19.7 Å². The summed E-state index contributed by atoms with van der Waals surface area (Å²) in [5.41, 5.74) is 3.16. The SMILES string of the molecule is O=C(NOC1CCCCO1)c1ccccc1SN1CCC(Oc2ccncc2)CC1. The first-order valence-corrected chi connectivity index (χ1v) is 11.2. The van der Waals surface area contributed by atoms with E-state index in [1.165, 1.54) is 0 Å². The molecule has 0 aliphatic carbocycles. The first kappa shape index (κ1) is 21.1. The van der Waals surface area contributed by atoms with E-state index >= 15 is 0 Å². The average molecular weight is 430 g/mol. The largest absolute Gasteiger partial charge is 0.490 e. The van der Waals surface area contributed by atoms with Crippen molar-refractivity contribution in [2.45, 2.75) is 49.4 Å². The summed E-state index contributed by atoms with van der Waals surface area (Å²) in [4.78, 5) is 23.0. The minimum absolute atomic E-state index is 0.201. The van der Waals surface area contributed by atoms with Crippen LogP contribution in [-0.4, -0.2) is 47.3 Å². The lowest BCUT2D eigenvalue weighted by Gasteiger charge is -2.31. The van der Waals surface area contributed by atoms with E-state index in [0.717, 1.165) is 55.8 Å². The van der Waals surface area contributed by atoms with Crippen LogP contribution in [0.1, 0.15) is 42.5 Å². The van der Waals surface area contributed by atoms with Crippen LogP contribution < -0.4 is 10.2 Å². The van der Waals surface area contributed by atoms with Crippen LogP contribution in [0.15, 0.2) is 53.7 Å². The highest BCUT2D eigenvalue weighted by molar-refractivity contribution is 7.97. The Morgan fingerprint density at radius 2 is 1.90 bits per heavy atom. The van der Waals surface area contributed by atoms with Crippen molar-refractivity contribution in [1.82, 2.24) is 14.8 Å². The predicted octanol–water partition coefficient (Wildman–Crippen LogP) is 3.82. The molecule has 1 N–H and O–H groups in total. The summed E-state index contributed by atoms with van der Waals surface area (Å²) in [5, 5.41) is 0. The first-order valence-electron chi connectivity index (χ1n) is 10.4. The molecule has 0 saturated carbocycles. The van der Waals surface area contributed by atoms with Crippen LogP contribution in [0.25, 0.3) is 0 Å². The van der Waals surface area contributed by atoms with E-state index in [9.17, 15) is 4.79 Å². The number of hydrogen-bond donors (Lipinski definition) is 1. The van der Waals surface area contributed by atoms with Gasteiger partial charge >= 0.3 is 0 Å². The molecule has 1 amide bonds. The van der Waals surface area contributed by atoms with Gasteiger partial charge in [-0.15, -0.1) is 0 Å². The van der Waals surface area contributed by atoms with Crippen LogP contribution in [0.3, 0.4) is 0 Å². The van der Waals surface area contributed by atoms with E-state index in [2.05, 4.69) is 14.8 Å². The molecule has 7 nitrogen and oxygen atoms in total. The normalized spacial score (nSPS) is 20.6. The molecule has 0 spiro atoms. The number of pyridine rings is 1. The number of carbonyl (C=O) groups excluding carboxylic acids is 1. The molecule has 1 aromatic heterocycles. The maximum Gasteiger partial charge on any atom is 0.276 e. The highest BCUT2D eigenvalue weighted by Gasteiger charge is 2.23. The van der Waals surface area contributed by atoms with Crippen LogP contribution >= 0.6 is 11.9 Å². The molecule has 30 heavy (non-hydrogen) atoms. The number of hydroxylamine groups is 1. The van der Waals surface area contributed by atoms with Crippen molar-refractivity contribution in [3.8, 4) is 5.75 Å². The molecule has 160 valence electrons. The van der Waals surface area contributed by atoms with Gasteiger partial charge in [0.2, 0.25) is 0 Å². The molecule has 0 bridgehead atoms. The number of amides is 1. The highest BCUT2D eigenvalue weighted by Crippen LogP contribution is 2.30. The minimum Gasteiger partial charge on any atom is -0.490 e. The zero-order chi connectivity index (χ0) is 20.6. The molecular formula is C22H27N3O4S. The maximum atomic E-state index is 12.7. The van der Waals surface area contributed by atoms with Crippen molar-refractivity contribution in [1.29, 1.82) is 0 Å². The molecule has 2 aliphatic rings. The Hall–Kier alpha value is -2.13. The monoisotopic (exact) mass is 429 g/mol. The summed E-state index contributed by atoms with van der Waals surface area (Å²) >= 11 is 1.61. The van der Waals surface area contributed by atoms with Crippen molar-refractivity contribution in [2.24, 2.45) is 0 Å². The van der Waals surface area contributed by atoms with E-state index in [1.807, 2.05) is 36.4 Å². The van der Waals surface area contributed by atoms with Gasteiger partial charge in [-0.05, 0) is 61.9 Å². The number of rotatable bonds is 7.